The normalized spacial score (nSPS) is 15.3. The molecule has 7 aromatic carbocycles. The van der Waals surface area contributed by atoms with Crippen LogP contribution in [0.25, 0.3) is 66.7 Å². The number of hydrogen-bond donors (Lipinski definition) is 0. The summed E-state index contributed by atoms with van der Waals surface area (Å²) in [4.78, 5) is 2.39. The summed E-state index contributed by atoms with van der Waals surface area (Å²) in [5.74, 6) is 0.541. The van der Waals surface area contributed by atoms with Crippen molar-refractivity contribution in [3.63, 3.8) is 0 Å². The molecule has 3 heteroatoms. The van der Waals surface area contributed by atoms with E-state index in [4.69, 9.17) is 15.4 Å². The number of allylic oxidation sites excluding steroid dienone is 1. The molecule has 288 valence electrons. The Kier molecular flexibility index (Phi) is 8.30. The number of nitrogens with zero attached hydrogens (tertiary/aromatic N) is 1. The summed E-state index contributed by atoms with van der Waals surface area (Å²) in [6, 6.07) is 52.7. The summed E-state index contributed by atoms with van der Waals surface area (Å²) in [6.07, 6.45) is 8.65. The van der Waals surface area contributed by atoms with E-state index in [2.05, 4.69) is 165 Å². The standard InChI is InChI=1S/C56H47NO2/c1-35-15-8-9-18-38(35)31-51(36(2)39-25-28-46-45-20-11-13-24-52(45)58-53(46)32-39)57(40-26-29-44-43-19-10-12-23-49(43)56(3,4)50(44)33-40)41-27-30-47-48-22-14-21-42(37-16-6-5-7-17-37)55(48)59-54(47)34-41/h8-15,18-34,37H,2,5-7,16-17H2,1,3-4H3/b51-31+. The van der Waals surface area contributed by atoms with Gasteiger partial charge in [-0.3, -0.25) is 0 Å². The van der Waals surface area contributed by atoms with Gasteiger partial charge in [-0.05, 0) is 124 Å². The third-order valence-electron chi connectivity index (χ3n) is 13.4. The molecule has 2 heterocycles. The number of para-hydroxylation sites is 2. The molecule has 0 aliphatic heterocycles. The predicted octanol–water partition coefficient (Wildman–Crippen LogP) is 16.0. The quantitative estimate of drug-likeness (QED) is 0.151. The van der Waals surface area contributed by atoms with Crippen molar-refractivity contribution in [2.24, 2.45) is 0 Å². The average Bonchev–Trinajstić information content (AvgIpc) is 3.91. The highest BCUT2D eigenvalue weighted by atomic mass is 16.3. The van der Waals surface area contributed by atoms with Crippen LogP contribution in [-0.2, 0) is 5.41 Å². The summed E-state index contributed by atoms with van der Waals surface area (Å²) >= 11 is 0. The number of fused-ring (bicyclic) bond motifs is 9. The van der Waals surface area contributed by atoms with E-state index in [0.29, 0.717) is 5.92 Å². The molecule has 0 atom stereocenters. The van der Waals surface area contributed by atoms with E-state index in [0.717, 1.165) is 72.3 Å². The Morgan fingerprint density at radius 1 is 0.610 bits per heavy atom. The van der Waals surface area contributed by atoms with Gasteiger partial charge in [0.05, 0.1) is 5.70 Å². The number of hydrogen-bond acceptors (Lipinski definition) is 3. The molecule has 0 amide bonds. The minimum absolute atomic E-state index is 0.172. The highest BCUT2D eigenvalue weighted by molar-refractivity contribution is 6.08. The van der Waals surface area contributed by atoms with E-state index >= 15 is 0 Å². The maximum absolute atomic E-state index is 6.97. The van der Waals surface area contributed by atoms with Crippen molar-refractivity contribution in [2.45, 2.75) is 64.2 Å². The minimum Gasteiger partial charge on any atom is -0.456 e. The minimum atomic E-state index is -0.172. The first-order valence-corrected chi connectivity index (χ1v) is 21.2. The zero-order chi connectivity index (χ0) is 39.8. The van der Waals surface area contributed by atoms with Crippen LogP contribution in [0.4, 0.5) is 11.4 Å². The monoisotopic (exact) mass is 765 g/mol. The van der Waals surface area contributed by atoms with E-state index in [-0.39, 0.29) is 5.41 Å². The van der Waals surface area contributed by atoms with E-state index in [1.165, 1.54) is 70.9 Å². The van der Waals surface area contributed by atoms with Crippen LogP contribution in [0.5, 0.6) is 0 Å². The highest BCUT2D eigenvalue weighted by Crippen LogP contribution is 2.51. The van der Waals surface area contributed by atoms with Crippen LogP contribution in [0, 0.1) is 6.92 Å². The van der Waals surface area contributed by atoms with Gasteiger partial charge in [-0.2, -0.15) is 0 Å². The van der Waals surface area contributed by atoms with Gasteiger partial charge in [0, 0.05) is 44.4 Å². The molecular formula is C56H47NO2. The Balaban J connectivity index is 1.14. The molecule has 0 unspecified atom stereocenters. The Hall–Kier alpha value is -6.58. The zero-order valence-corrected chi connectivity index (χ0v) is 34.0. The highest BCUT2D eigenvalue weighted by Gasteiger charge is 2.36. The molecule has 1 fully saturated rings. The third kappa shape index (κ3) is 5.78. The lowest BCUT2D eigenvalue weighted by Gasteiger charge is -2.31. The van der Waals surface area contributed by atoms with Crippen molar-refractivity contribution < 1.29 is 8.83 Å². The number of rotatable bonds is 7. The van der Waals surface area contributed by atoms with Gasteiger partial charge in [-0.1, -0.05) is 137 Å². The van der Waals surface area contributed by atoms with Crippen LogP contribution in [0.15, 0.2) is 167 Å². The van der Waals surface area contributed by atoms with Crippen LogP contribution in [0.2, 0.25) is 0 Å². The molecule has 9 aromatic rings. The molecule has 0 N–H and O–H groups in total. The first-order chi connectivity index (χ1) is 28.8. The molecule has 11 rings (SSSR count). The van der Waals surface area contributed by atoms with Crippen molar-refractivity contribution in [3.05, 3.63) is 191 Å². The van der Waals surface area contributed by atoms with Crippen molar-refractivity contribution in [1.82, 2.24) is 0 Å². The van der Waals surface area contributed by atoms with Gasteiger partial charge < -0.3 is 13.7 Å². The second-order valence-corrected chi connectivity index (χ2v) is 17.3. The predicted molar refractivity (Wildman–Crippen MR) is 248 cm³/mol. The van der Waals surface area contributed by atoms with Crippen LogP contribution in [0.1, 0.15) is 85.3 Å². The van der Waals surface area contributed by atoms with E-state index in [9.17, 15) is 0 Å². The summed E-state index contributed by atoms with van der Waals surface area (Å²) in [5.41, 5.74) is 17.4. The Bertz CT molecular complexity index is 3160. The molecular weight excluding hydrogens is 719 g/mol. The first-order valence-electron chi connectivity index (χ1n) is 21.2. The average molecular weight is 766 g/mol. The van der Waals surface area contributed by atoms with Gasteiger partial charge >= 0.3 is 0 Å². The largest absolute Gasteiger partial charge is 0.456 e. The van der Waals surface area contributed by atoms with Crippen molar-refractivity contribution >= 4 is 66.9 Å². The third-order valence-corrected chi connectivity index (χ3v) is 13.4. The van der Waals surface area contributed by atoms with E-state index in [1.54, 1.807) is 0 Å². The summed E-state index contributed by atoms with van der Waals surface area (Å²) in [6.45, 7) is 11.8. The number of furan rings is 2. The molecule has 2 aliphatic rings. The second kappa shape index (κ2) is 13.8. The lowest BCUT2D eigenvalue weighted by atomic mass is 9.82. The number of benzene rings is 7. The van der Waals surface area contributed by atoms with Crippen LogP contribution < -0.4 is 4.90 Å². The van der Waals surface area contributed by atoms with Crippen LogP contribution in [0.3, 0.4) is 0 Å². The summed E-state index contributed by atoms with van der Waals surface area (Å²) in [7, 11) is 0. The smallest absolute Gasteiger partial charge is 0.138 e. The van der Waals surface area contributed by atoms with Crippen LogP contribution >= 0.6 is 0 Å². The van der Waals surface area contributed by atoms with Gasteiger partial charge in [0.15, 0.2) is 0 Å². The van der Waals surface area contributed by atoms with Crippen molar-refractivity contribution in [1.29, 1.82) is 0 Å². The first kappa shape index (κ1) is 35.6. The molecule has 59 heavy (non-hydrogen) atoms. The molecule has 3 nitrogen and oxygen atoms in total. The Morgan fingerprint density at radius 2 is 1.29 bits per heavy atom. The fourth-order valence-electron chi connectivity index (χ4n) is 10.2. The van der Waals surface area contributed by atoms with E-state index in [1.807, 2.05) is 12.1 Å². The molecule has 0 bridgehead atoms. The maximum Gasteiger partial charge on any atom is 0.138 e. The van der Waals surface area contributed by atoms with Gasteiger partial charge in [0.2, 0.25) is 0 Å². The molecule has 0 radical (unpaired) electrons. The Morgan fingerprint density at radius 3 is 2.17 bits per heavy atom. The fourth-order valence-corrected chi connectivity index (χ4v) is 10.2. The lowest BCUT2D eigenvalue weighted by molar-refractivity contribution is 0.442. The molecule has 2 aliphatic carbocycles. The Labute approximate surface area is 345 Å². The van der Waals surface area contributed by atoms with Crippen molar-refractivity contribution in [3.8, 4) is 11.1 Å². The lowest BCUT2D eigenvalue weighted by Crippen LogP contribution is -2.20. The topological polar surface area (TPSA) is 29.5 Å². The number of anilines is 2. The maximum atomic E-state index is 6.97. The van der Waals surface area contributed by atoms with Gasteiger partial charge in [0.1, 0.15) is 22.3 Å². The number of aryl methyl sites for hydroxylation is 1. The molecule has 0 saturated heterocycles. The molecule has 0 spiro atoms. The van der Waals surface area contributed by atoms with Crippen LogP contribution in [-0.4, -0.2) is 0 Å². The van der Waals surface area contributed by atoms with Gasteiger partial charge in [-0.25, -0.2) is 0 Å². The second-order valence-electron chi connectivity index (χ2n) is 17.3. The van der Waals surface area contributed by atoms with Gasteiger partial charge in [0.25, 0.3) is 0 Å². The molecule has 1 saturated carbocycles. The van der Waals surface area contributed by atoms with Gasteiger partial charge in [-0.15, -0.1) is 0 Å². The summed E-state index contributed by atoms with van der Waals surface area (Å²) in [5, 5.41) is 4.55. The fraction of sp³-hybridized carbons (Fsp3) is 0.179. The van der Waals surface area contributed by atoms with E-state index < -0.39 is 0 Å². The summed E-state index contributed by atoms with van der Waals surface area (Å²) < 4.78 is 13.4. The SMILES string of the molecule is C=C(/C(=C\c1ccccc1C)N(c1ccc2c(c1)C(C)(C)c1ccccc1-2)c1ccc2c(c1)oc1c(C3CCCCC3)cccc12)c1ccc2c(c1)oc1ccccc12. The van der Waals surface area contributed by atoms with Crippen molar-refractivity contribution in [2.75, 3.05) is 4.90 Å². The molecule has 2 aromatic heterocycles. The zero-order valence-electron chi connectivity index (χ0n) is 34.0.